The fourth-order valence-corrected chi connectivity index (χ4v) is 2.13. The topological polar surface area (TPSA) is 56.1 Å². The molecule has 0 saturated heterocycles. The van der Waals surface area contributed by atoms with Crippen LogP contribution >= 0.6 is 0 Å². The molecule has 0 bridgehead atoms. The Hall–Kier alpha value is -2.44. The monoisotopic (exact) mass is 309 g/mol. The van der Waals surface area contributed by atoms with Crippen LogP contribution in [-0.2, 0) is 7.05 Å². The fourth-order valence-electron chi connectivity index (χ4n) is 2.13. The number of halogens is 2. The smallest absolute Gasteiger partial charge is 0.387 e. The van der Waals surface area contributed by atoms with Crippen molar-refractivity contribution in [3.05, 3.63) is 47.8 Å². The van der Waals surface area contributed by atoms with E-state index in [2.05, 4.69) is 15.2 Å². The van der Waals surface area contributed by atoms with Gasteiger partial charge in [-0.3, -0.25) is 9.48 Å². The first-order valence-electron chi connectivity index (χ1n) is 6.84. The predicted molar refractivity (Wildman–Crippen MR) is 76.8 cm³/mol. The van der Waals surface area contributed by atoms with Gasteiger partial charge in [-0.05, 0) is 18.6 Å². The highest BCUT2D eigenvalue weighted by Crippen LogP contribution is 2.22. The lowest BCUT2D eigenvalue weighted by molar-refractivity contribution is -0.0501. The Morgan fingerprint density at radius 3 is 2.73 bits per heavy atom. The zero-order valence-corrected chi connectivity index (χ0v) is 12.3. The maximum Gasteiger partial charge on any atom is 0.387 e. The molecule has 1 aromatic carbocycles. The maximum absolute atomic E-state index is 12.4. The minimum absolute atomic E-state index is 0.0742. The molecule has 0 aliphatic rings. The Bertz CT molecular complexity index is 643. The molecule has 1 amide bonds. The fraction of sp³-hybridized carbons (Fsp3) is 0.333. The summed E-state index contributed by atoms with van der Waals surface area (Å²) < 4.78 is 30.8. The number of nitrogens with zero attached hydrogens (tertiary/aromatic N) is 2. The molecule has 0 radical (unpaired) electrons. The van der Waals surface area contributed by atoms with Gasteiger partial charge < -0.3 is 10.1 Å². The quantitative estimate of drug-likeness (QED) is 0.892. The van der Waals surface area contributed by atoms with Crippen LogP contribution in [0.1, 0.15) is 35.3 Å². The first-order chi connectivity index (χ1) is 10.5. The van der Waals surface area contributed by atoms with E-state index in [4.69, 9.17) is 0 Å². The Labute approximate surface area is 126 Å². The summed E-state index contributed by atoms with van der Waals surface area (Å²) in [6.45, 7) is -1.06. The Kier molecular flexibility index (Phi) is 5.08. The van der Waals surface area contributed by atoms with Crippen LogP contribution in [0.4, 0.5) is 8.78 Å². The molecule has 1 atom stereocenters. The maximum atomic E-state index is 12.4. The molecule has 5 nitrogen and oxygen atoms in total. The highest BCUT2D eigenvalue weighted by atomic mass is 19.3. The van der Waals surface area contributed by atoms with E-state index in [0.717, 1.165) is 5.56 Å². The first-order valence-corrected chi connectivity index (χ1v) is 6.84. The predicted octanol–water partition coefficient (Wildman–Crippen LogP) is 2.90. The highest BCUT2D eigenvalue weighted by Gasteiger charge is 2.19. The molecular weight excluding hydrogens is 292 g/mol. The summed E-state index contributed by atoms with van der Waals surface area (Å²) in [5, 5.41) is 6.87. The number of aromatic nitrogens is 2. The van der Waals surface area contributed by atoms with Gasteiger partial charge in [0.15, 0.2) is 0 Å². The number of carbonyl (C=O) groups is 1. The van der Waals surface area contributed by atoms with Crippen LogP contribution in [-0.4, -0.2) is 22.3 Å². The van der Waals surface area contributed by atoms with Gasteiger partial charge in [0.1, 0.15) is 5.75 Å². The highest BCUT2D eigenvalue weighted by molar-refractivity contribution is 5.97. The van der Waals surface area contributed by atoms with E-state index in [-0.39, 0.29) is 17.4 Å². The van der Waals surface area contributed by atoms with Crippen LogP contribution in [0.15, 0.2) is 36.7 Å². The normalized spacial score (nSPS) is 12.2. The zero-order valence-electron chi connectivity index (χ0n) is 12.3. The molecule has 2 rings (SSSR count). The number of hydrogen-bond acceptors (Lipinski definition) is 3. The molecule has 118 valence electrons. The minimum atomic E-state index is -2.98. The van der Waals surface area contributed by atoms with Crippen molar-refractivity contribution in [3.63, 3.8) is 0 Å². The van der Waals surface area contributed by atoms with Crippen molar-refractivity contribution >= 4 is 5.91 Å². The average Bonchev–Trinajstić information content (AvgIpc) is 2.91. The van der Waals surface area contributed by atoms with Gasteiger partial charge in [0.25, 0.3) is 5.91 Å². The van der Waals surface area contributed by atoms with Crippen LogP contribution in [0.3, 0.4) is 0 Å². The second-order valence-corrected chi connectivity index (χ2v) is 4.76. The van der Waals surface area contributed by atoms with Crippen LogP contribution in [0.5, 0.6) is 5.75 Å². The second-order valence-electron chi connectivity index (χ2n) is 4.76. The lowest BCUT2D eigenvalue weighted by Gasteiger charge is -2.17. The lowest BCUT2D eigenvalue weighted by Crippen LogP contribution is -2.28. The molecule has 1 heterocycles. The molecule has 1 unspecified atom stereocenters. The second kappa shape index (κ2) is 7.02. The van der Waals surface area contributed by atoms with Gasteiger partial charge in [0.2, 0.25) is 0 Å². The SMILES string of the molecule is CCC(NC(=O)c1ccccc1OC(F)F)c1cnn(C)c1. The van der Waals surface area contributed by atoms with Crippen molar-refractivity contribution in [1.82, 2.24) is 15.1 Å². The molecule has 0 aliphatic heterocycles. The Morgan fingerprint density at radius 2 is 2.14 bits per heavy atom. The number of hydrogen-bond donors (Lipinski definition) is 1. The van der Waals surface area contributed by atoms with Gasteiger partial charge in [-0.1, -0.05) is 19.1 Å². The molecule has 1 aromatic heterocycles. The largest absolute Gasteiger partial charge is 0.434 e. The number of alkyl halides is 2. The number of para-hydroxylation sites is 1. The lowest BCUT2D eigenvalue weighted by atomic mass is 10.1. The third-order valence-corrected chi connectivity index (χ3v) is 3.19. The Morgan fingerprint density at radius 1 is 1.41 bits per heavy atom. The standard InChI is InChI=1S/C15H17F2N3O2/c1-3-12(10-8-18-20(2)9-10)19-14(21)11-6-4-5-7-13(11)22-15(16)17/h4-9,12,15H,3H2,1-2H3,(H,19,21). The summed E-state index contributed by atoms with van der Waals surface area (Å²) in [6.07, 6.45) is 4.11. The van der Waals surface area contributed by atoms with E-state index >= 15 is 0 Å². The summed E-state index contributed by atoms with van der Waals surface area (Å²) in [5.74, 6) is -0.608. The Balaban J connectivity index is 2.17. The zero-order chi connectivity index (χ0) is 16.1. The third-order valence-electron chi connectivity index (χ3n) is 3.19. The van der Waals surface area contributed by atoms with Crippen molar-refractivity contribution in [2.75, 3.05) is 0 Å². The van der Waals surface area contributed by atoms with E-state index in [9.17, 15) is 13.6 Å². The molecule has 0 spiro atoms. The molecule has 0 aliphatic carbocycles. The number of ether oxygens (including phenoxy) is 1. The summed E-state index contributed by atoms with van der Waals surface area (Å²) in [7, 11) is 1.78. The number of amides is 1. The van der Waals surface area contributed by atoms with Crippen molar-refractivity contribution in [1.29, 1.82) is 0 Å². The summed E-state index contributed by atoms with van der Waals surface area (Å²) in [6, 6.07) is 5.67. The van der Waals surface area contributed by atoms with Crippen molar-refractivity contribution in [3.8, 4) is 5.75 Å². The molecule has 0 fully saturated rings. The molecule has 2 aromatic rings. The average molecular weight is 309 g/mol. The van der Waals surface area contributed by atoms with Gasteiger partial charge >= 0.3 is 6.61 Å². The number of benzene rings is 1. The van der Waals surface area contributed by atoms with E-state index < -0.39 is 12.5 Å². The molecular formula is C15H17F2N3O2. The molecule has 1 N–H and O–H groups in total. The first kappa shape index (κ1) is 15.9. The number of rotatable bonds is 6. The van der Waals surface area contributed by atoms with E-state index in [1.807, 2.05) is 6.92 Å². The van der Waals surface area contributed by atoms with Crippen LogP contribution in [0.25, 0.3) is 0 Å². The van der Waals surface area contributed by atoms with Crippen molar-refractivity contribution in [2.45, 2.75) is 26.0 Å². The van der Waals surface area contributed by atoms with Crippen molar-refractivity contribution < 1.29 is 18.3 Å². The van der Waals surface area contributed by atoms with E-state index in [0.29, 0.717) is 6.42 Å². The van der Waals surface area contributed by atoms with Crippen LogP contribution in [0.2, 0.25) is 0 Å². The third kappa shape index (κ3) is 3.81. The van der Waals surface area contributed by atoms with Crippen molar-refractivity contribution in [2.24, 2.45) is 7.05 Å². The molecule has 0 saturated carbocycles. The van der Waals surface area contributed by atoms with E-state index in [1.165, 1.54) is 18.2 Å². The van der Waals surface area contributed by atoms with Crippen LogP contribution < -0.4 is 10.1 Å². The molecule has 22 heavy (non-hydrogen) atoms. The summed E-state index contributed by atoms with van der Waals surface area (Å²) in [4.78, 5) is 12.3. The molecule has 7 heteroatoms. The minimum Gasteiger partial charge on any atom is -0.434 e. The summed E-state index contributed by atoms with van der Waals surface area (Å²) >= 11 is 0. The summed E-state index contributed by atoms with van der Waals surface area (Å²) in [5.41, 5.74) is 0.927. The van der Waals surface area contributed by atoms with Crippen LogP contribution in [0, 0.1) is 0 Å². The van der Waals surface area contributed by atoms with Gasteiger partial charge in [0, 0.05) is 18.8 Å². The van der Waals surface area contributed by atoms with E-state index in [1.54, 1.807) is 30.2 Å². The number of nitrogens with one attached hydrogen (secondary N) is 1. The van der Waals surface area contributed by atoms with Gasteiger partial charge in [-0.25, -0.2) is 0 Å². The van der Waals surface area contributed by atoms with Gasteiger partial charge in [-0.2, -0.15) is 13.9 Å². The van der Waals surface area contributed by atoms with Gasteiger partial charge in [-0.15, -0.1) is 0 Å². The number of carbonyl (C=O) groups excluding carboxylic acids is 1. The number of aryl methyl sites for hydroxylation is 1. The van der Waals surface area contributed by atoms with Gasteiger partial charge in [0.05, 0.1) is 17.8 Å².